The van der Waals surface area contributed by atoms with Gasteiger partial charge in [-0.05, 0) is 76.8 Å². The second kappa shape index (κ2) is 15.1. The maximum Gasteiger partial charge on any atom is 0.522 e. The molecular formula is C29H23BrF3NO5S3. The lowest BCUT2D eigenvalue weighted by Gasteiger charge is -1.99. The Labute approximate surface area is 256 Å². The van der Waals surface area contributed by atoms with Crippen molar-refractivity contribution in [2.24, 2.45) is 0 Å². The standard InChI is InChI=1S/C11H8BrN.C9H8OS.C8H6OS.CHF3O3S/c12-10-6-4-9(5-7-10)11-3-1-2-8-13-11;1-10-9-6-7-4-2-3-5-8(7)11-9;9-7-2-1-6-3-4-10-8(6)5-7;2-1(3,4)8(5,6)7/h1-8H;2-6H,1H3;1-5,9H;(H,5,6,7). The molecule has 0 radical (unpaired) electrons. The zero-order chi connectivity index (χ0) is 30.8. The number of aromatic hydroxyl groups is 1. The van der Waals surface area contributed by atoms with Gasteiger partial charge in [-0.3, -0.25) is 9.54 Å². The quantitative estimate of drug-likeness (QED) is 0.138. The van der Waals surface area contributed by atoms with Crippen molar-refractivity contribution in [3.63, 3.8) is 0 Å². The van der Waals surface area contributed by atoms with Crippen LogP contribution < -0.4 is 4.74 Å². The fraction of sp³-hybridized carbons (Fsp3) is 0.0690. The van der Waals surface area contributed by atoms with Crippen LogP contribution in [0.2, 0.25) is 0 Å². The summed E-state index contributed by atoms with van der Waals surface area (Å²) >= 11 is 6.71. The molecule has 0 unspecified atom stereocenters. The van der Waals surface area contributed by atoms with E-state index < -0.39 is 15.6 Å². The molecule has 0 fully saturated rings. The lowest BCUT2D eigenvalue weighted by molar-refractivity contribution is -0.0510. The van der Waals surface area contributed by atoms with Gasteiger partial charge in [-0.15, -0.1) is 11.3 Å². The van der Waals surface area contributed by atoms with Crippen LogP contribution in [0.1, 0.15) is 0 Å². The smallest absolute Gasteiger partial charge is 0.508 e. The summed E-state index contributed by atoms with van der Waals surface area (Å²) in [5.74, 6) is 0.343. The fourth-order valence-corrected chi connectivity index (χ4v) is 5.12. The first-order chi connectivity index (χ1) is 19.9. The molecule has 42 heavy (non-hydrogen) atoms. The topological polar surface area (TPSA) is 96.7 Å². The van der Waals surface area contributed by atoms with Gasteiger partial charge >= 0.3 is 15.6 Å². The van der Waals surface area contributed by atoms with Gasteiger partial charge in [0.1, 0.15) is 5.75 Å². The number of halogens is 4. The molecule has 220 valence electrons. The van der Waals surface area contributed by atoms with Crippen LogP contribution in [0, 0.1) is 0 Å². The van der Waals surface area contributed by atoms with Crippen molar-refractivity contribution in [1.29, 1.82) is 0 Å². The molecule has 0 spiro atoms. The normalized spacial score (nSPS) is 10.9. The number of phenolic OH excluding ortho intramolecular Hbond substituents is 1. The highest BCUT2D eigenvalue weighted by molar-refractivity contribution is 9.10. The molecule has 0 atom stereocenters. The molecule has 0 bridgehead atoms. The lowest BCUT2D eigenvalue weighted by Crippen LogP contribution is -2.21. The van der Waals surface area contributed by atoms with E-state index in [-0.39, 0.29) is 0 Å². The van der Waals surface area contributed by atoms with Crippen molar-refractivity contribution >= 4 is 68.9 Å². The predicted octanol–water partition coefficient (Wildman–Crippen LogP) is 9.42. The van der Waals surface area contributed by atoms with Crippen molar-refractivity contribution in [2.75, 3.05) is 7.11 Å². The maximum absolute atomic E-state index is 10.7. The Hall–Kier alpha value is -3.49. The molecule has 0 saturated heterocycles. The number of nitrogens with zero attached hydrogens (tertiary/aromatic N) is 1. The Morgan fingerprint density at radius 2 is 1.52 bits per heavy atom. The number of hydrogen-bond donors (Lipinski definition) is 2. The number of phenols is 1. The molecule has 0 aliphatic heterocycles. The van der Waals surface area contributed by atoms with Crippen LogP contribution in [0.15, 0.2) is 113 Å². The van der Waals surface area contributed by atoms with Gasteiger partial charge in [0.25, 0.3) is 0 Å². The predicted molar refractivity (Wildman–Crippen MR) is 167 cm³/mol. The van der Waals surface area contributed by atoms with Crippen LogP contribution in [0.25, 0.3) is 31.4 Å². The summed E-state index contributed by atoms with van der Waals surface area (Å²) in [5.41, 5.74) is -3.38. The first-order valence-corrected chi connectivity index (χ1v) is 15.7. The van der Waals surface area contributed by atoms with Gasteiger partial charge in [-0.2, -0.15) is 21.6 Å². The van der Waals surface area contributed by atoms with E-state index in [1.807, 2.05) is 72.1 Å². The van der Waals surface area contributed by atoms with Gasteiger partial charge in [0.2, 0.25) is 0 Å². The molecule has 0 aliphatic rings. The molecule has 6 rings (SSSR count). The Bertz CT molecular complexity index is 1770. The van der Waals surface area contributed by atoms with Crippen molar-refractivity contribution in [3.8, 4) is 22.1 Å². The minimum atomic E-state index is -5.84. The highest BCUT2D eigenvalue weighted by Crippen LogP contribution is 2.30. The molecule has 2 N–H and O–H groups in total. The zero-order valence-electron chi connectivity index (χ0n) is 21.7. The number of alkyl halides is 3. The van der Waals surface area contributed by atoms with Crippen molar-refractivity contribution in [2.45, 2.75) is 5.51 Å². The molecule has 0 amide bonds. The van der Waals surface area contributed by atoms with Crippen LogP contribution >= 0.6 is 38.6 Å². The summed E-state index contributed by atoms with van der Waals surface area (Å²) in [5, 5.41) is 14.5. The Balaban J connectivity index is 0.000000156. The molecule has 0 aliphatic carbocycles. The van der Waals surface area contributed by atoms with Gasteiger partial charge in [0, 0.05) is 25.6 Å². The fourth-order valence-electron chi connectivity index (χ4n) is 3.16. The van der Waals surface area contributed by atoms with Crippen molar-refractivity contribution in [3.05, 3.63) is 113 Å². The summed E-state index contributed by atoms with van der Waals surface area (Å²) in [6, 6.07) is 31.8. The number of hydrogen-bond acceptors (Lipinski definition) is 7. The molecule has 13 heteroatoms. The van der Waals surface area contributed by atoms with E-state index in [1.165, 1.54) is 15.5 Å². The third-order valence-electron chi connectivity index (χ3n) is 5.14. The molecule has 3 aromatic carbocycles. The first kappa shape index (κ1) is 33.0. The lowest BCUT2D eigenvalue weighted by atomic mass is 10.1. The first-order valence-electron chi connectivity index (χ1n) is 11.8. The summed E-state index contributed by atoms with van der Waals surface area (Å²) in [7, 11) is -4.14. The van der Waals surface area contributed by atoms with Gasteiger partial charge in [-0.25, -0.2) is 0 Å². The van der Waals surface area contributed by atoms with Crippen LogP contribution in [0.5, 0.6) is 10.8 Å². The number of aromatic nitrogens is 1. The second-order valence-corrected chi connectivity index (χ2v) is 12.4. The van der Waals surface area contributed by atoms with Crippen LogP contribution in [0.3, 0.4) is 0 Å². The monoisotopic (exact) mass is 697 g/mol. The third-order valence-corrected chi connectivity index (χ3v) is 8.21. The minimum absolute atomic E-state index is 0.343. The Kier molecular flexibility index (Phi) is 11.9. The van der Waals surface area contributed by atoms with Crippen LogP contribution in [-0.2, 0) is 10.1 Å². The van der Waals surface area contributed by atoms with E-state index in [1.54, 1.807) is 48.1 Å². The molecule has 6 aromatic rings. The summed E-state index contributed by atoms with van der Waals surface area (Å²) < 4.78 is 66.2. The van der Waals surface area contributed by atoms with Crippen molar-refractivity contribution < 1.29 is 36.0 Å². The highest BCUT2D eigenvalue weighted by Gasteiger charge is 2.44. The number of pyridine rings is 1. The molecule has 0 saturated carbocycles. The summed E-state index contributed by atoms with van der Waals surface area (Å²) in [6.07, 6.45) is 1.80. The number of ether oxygens (including phenoxy) is 1. The average Bonchev–Trinajstić information content (AvgIpc) is 3.60. The Morgan fingerprint density at radius 1 is 0.857 bits per heavy atom. The minimum Gasteiger partial charge on any atom is -0.508 e. The molecular weight excluding hydrogens is 675 g/mol. The number of benzene rings is 3. The summed E-state index contributed by atoms with van der Waals surface area (Å²) in [4.78, 5) is 4.26. The van der Waals surface area contributed by atoms with E-state index in [0.29, 0.717) is 5.75 Å². The van der Waals surface area contributed by atoms with E-state index in [9.17, 15) is 13.2 Å². The number of fused-ring (bicyclic) bond motifs is 2. The van der Waals surface area contributed by atoms with Crippen LogP contribution in [0.4, 0.5) is 13.2 Å². The third kappa shape index (κ3) is 10.1. The van der Waals surface area contributed by atoms with Gasteiger partial charge in [-0.1, -0.05) is 63.7 Å². The molecule has 3 heterocycles. The van der Waals surface area contributed by atoms with Gasteiger partial charge in [0.15, 0.2) is 5.06 Å². The number of thiophene rings is 2. The van der Waals surface area contributed by atoms with E-state index in [2.05, 4.69) is 39.1 Å². The maximum atomic E-state index is 10.7. The average molecular weight is 699 g/mol. The number of rotatable bonds is 2. The largest absolute Gasteiger partial charge is 0.522 e. The zero-order valence-corrected chi connectivity index (χ0v) is 25.7. The SMILES string of the molecule is Brc1ccc(-c2ccccn2)cc1.COc1cc2ccccc2s1.O=S(=O)(O)C(F)(F)F.Oc1ccc2ccsc2c1. The van der Waals surface area contributed by atoms with Gasteiger partial charge < -0.3 is 9.84 Å². The molecule has 6 nitrogen and oxygen atoms in total. The van der Waals surface area contributed by atoms with E-state index in [0.717, 1.165) is 25.5 Å². The summed E-state index contributed by atoms with van der Waals surface area (Å²) in [6.45, 7) is 0. The van der Waals surface area contributed by atoms with Crippen LogP contribution in [-0.4, -0.2) is 35.7 Å². The van der Waals surface area contributed by atoms with Crippen molar-refractivity contribution in [1.82, 2.24) is 4.98 Å². The highest BCUT2D eigenvalue weighted by atomic mass is 79.9. The van der Waals surface area contributed by atoms with E-state index in [4.69, 9.17) is 22.8 Å². The Morgan fingerprint density at radius 3 is 2.12 bits per heavy atom. The second-order valence-electron chi connectivity index (χ2n) is 8.09. The number of methoxy groups -OCH3 is 1. The molecule has 3 aromatic heterocycles. The van der Waals surface area contributed by atoms with E-state index >= 15 is 0 Å². The van der Waals surface area contributed by atoms with Gasteiger partial charge in [0.05, 0.1) is 12.8 Å².